The van der Waals surface area contributed by atoms with Crippen LogP contribution in [0.4, 0.5) is 52.7 Å². The van der Waals surface area contributed by atoms with Crippen LogP contribution in [-0.2, 0) is 58.1 Å². The molecule has 0 aromatic heterocycles. The number of rotatable bonds is 0. The molecule has 0 saturated carbocycles. The molecule has 30 heavy (non-hydrogen) atoms. The van der Waals surface area contributed by atoms with Crippen molar-refractivity contribution in [3.8, 4) is 0 Å². The normalized spacial score (nSPS) is 10.5. The molecule has 0 aliphatic heterocycles. The van der Waals surface area contributed by atoms with Crippen LogP contribution >= 0.6 is 0 Å². The fourth-order valence-corrected chi connectivity index (χ4v) is 0. The minimum absolute atomic E-state index is 0. The fourth-order valence-electron chi connectivity index (χ4n) is 0. The number of carboxylic acids is 4. The first kappa shape index (κ1) is 42.4. The molecule has 22 heteroatoms. The van der Waals surface area contributed by atoms with Crippen molar-refractivity contribution in [1.29, 1.82) is 0 Å². The largest absolute Gasteiger partial charge is 2.00 e. The van der Waals surface area contributed by atoms with Gasteiger partial charge in [-0.1, -0.05) is 0 Å². The van der Waals surface area contributed by atoms with Crippen LogP contribution in [0, 0.1) is 0 Å². The third-order valence-corrected chi connectivity index (χ3v) is 0.926. The van der Waals surface area contributed by atoms with E-state index < -0.39 is 48.6 Å². The van der Waals surface area contributed by atoms with Crippen molar-refractivity contribution in [2.45, 2.75) is 24.7 Å². The zero-order chi connectivity index (χ0) is 24.3. The van der Waals surface area contributed by atoms with Gasteiger partial charge in [0.25, 0.3) is 0 Å². The molecule has 0 atom stereocenters. The summed E-state index contributed by atoms with van der Waals surface area (Å²) in [6, 6.07) is 0. The summed E-state index contributed by atoms with van der Waals surface area (Å²) in [6.07, 6.45) is -20.8. The molecule has 0 aromatic rings. The van der Waals surface area contributed by atoms with Crippen LogP contribution in [0.25, 0.3) is 0 Å². The van der Waals surface area contributed by atoms with Crippen molar-refractivity contribution in [3.05, 3.63) is 0 Å². The second-order valence-electron chi connectivity index (χ2n) is 3.14. The summed E-state index contributed by atoms with van der Waals surface area (Å²) < 4.78 is 126. The number of alkyl halides is 12. The summed E-state index contributed by atoms with van der Waals surface area (Å²) in [7, 11) is 0. The van der Waals surface area contributed by atoms with Crippen LogP contribution in [0.3, 0.4) is 0 Å². The maximum Gasteiger partial charge on any atom is 2.00 e. The summed E-state index contributed by atoms with van der Waals surface area (Å²) in [5, 5.41) is 35.1. The van der Waals surface area contributed by atoms with Crippen molar-refractivity contribution in [2.24, 2.45) is 0 Å². The van der Waals surface area contributed by atoms with Crippen molar-refractivity contribution in [3.63, 3.8) is 0 Å². The molecule has 0 unspecified atom stereocenters. The van der Waals surface area contributed by atoms with Crippen LogP contribution < -0.4 is 20.4 Å². The molecule has 0 N–H and O–H groups in total. The van der Waals surface area contributed by atoms with E-state index in [2.05, 4.69) is 0 Å². The molecule has 0 rings (SSSR count). The molecular weight excluding hydrogens is 583 g/mol. The molecule has 0 heterocycles. The third-order valence-electron chi connectivity index (χ3n) is 0.926. The minimum atomic E-state index is -5.19. The van der Waals surface area contributed by atoms with E-state index in [4.69, 9.17) is 39.6 Å². The molecule has 168 valence electrons. The Morgan fingerprint density at radius 3 is 0.400 bits per heavy atom. The molecule has 0 spiro atoms. The van der Waals surface area contributed by atoms with E-state index in [1.54, 1.807) is 0 Å². The minimum Gasteiger partial charge on any atom is -0.542 e. The number of carbonyl (C=O) groups excluding carboxylic acids is 4. The predicted molar refractivity (Wildman–Crippen MR) is 44.2 cm³/mol. The first-order chi connectivity index (χ1) is 11.8. The smallest absolute Gasteiger partial charge is 0.542 e. The van der Waals surface area contributed by atoms with Crippen molar-refractivity contribution in [2.75, 3.05) is 0 Å². The van der Waals surface area contributed by atoms with Gasteiger partial charge >= 0.3 is 63.7 Å². The molecule has 0 radical (unpaired) electrons. The zero-order valence-corrected chi connectivity index (χ0v) is 19.2. The Balaban J connectivity index is -0.0000000626. The number of hydrogen-bond acceptors (Lipinski definition) is 8. The van der Waals surface area contributed by atoms with Gasteiger partial charge in [-0.3, -0.25) is 0 Å². The summed E-state index contributed by atoms with van der Waals surface area (Å²) in [6.45, 7) is 0. The second kappa shape index (κ2) is 16.0. The van der Waals surface area contributed by atoms with Crippen molar-refractivity contribution in [1.82, 2.24) is 0 Å². The van der Waals surface area contributed by atoms with Gasteiger partial charge in [0.1, 0.15) is 23.9 Å². The van der Waals surface area contributed by atoms with Crippen molar-refractivity contribution < 1.29 is 131 Å². The van der Waals surface area contributed by atoms with Crippen LogP contribution in [0.2, 0.25) is 0 Å². The molecular formula is C8F12O8Zn2. The van der Waals surface area contributed by atoms with Crippen LogP contribution in [0.5, 0.6) is 0 Å². The molecule has 0 aromatic carbocycles. The van der Waals surface area contributed by atoms with Crippen LogP contribution in [-0.4, -0.2) is 48.6 Å². The van der Waals surface area contributed by atoms with E-state index in [1.807, 2.05) is 0 Å². The van der Waals surface area contributed by atoms with Gasteiger partial charge in [0.2, 0.25) is 0 Å². The average Bonchev–Trinajstić information content (AvgIpc) is 2.35. The number of carbonyl (C=O) groups is 4. The van der Waals surface area contributed by atoms with Crippen molar-refractivity contribution >= 4 is 23.9 Å². The van der Waals surface area contributed by atoms with E-state index >= 15 is 0 Å². The van der Waals surface area contributed by atoms with Gasteiger partial charge in [-0.25, -0.2) is 0 Å². The van der Waals surface area contributed by atoms with E-state index in [-0.39, 0.29) is 39.0 Å². The molecule has 0 aliphatic carbocycles. The predicted octanol–water partition coefficient (Wildman–Crippen LogP) is -2.81. The maximum absolute atomic E-state index is 10.5. The molecule has 0 amide bonds. The Kier molecular flexibility index (Phi) is 22.7. The maximum atomic E-state index is 10.5. The Hall–Kier alpha value is -1.71. The number of hydrogen-bond donors (Lipinski definition) is 0. The van der Waals surface area contributed by atoms with Gasteiger partial charge in [0.05, 0.1) is 0 Å². The summed E-state index contributed by atoms with van der Waals surface area (Å²) in [4.78, 5) is 35.1. The fraction of sp³-hybridized carbons (Fsp3) is 0.500. The number of aliphatic carboxylic acids is 4. The summed E-state index contributed by atoms with van der Waals surface area (Å²) in [5.74, 6) is -12.0. The Morgan fingerprint density at radius 1 is 0.367 bits per heavy atom. The standard InChI is InChI=1S/4C2HF3O2.2Zn/c4*3-2(4,5)1(6)7;;/h4*(H,6,7);;/q;;;;2*+2/p-4. The van der Waals surface area contributed by atoms with E-state index in [0.717, 1.165) is 0 Å². The SMILES string of the molecule is O=C([O-])C(F)(F)F.O=C([O-])C(F)(F)F.O=C([O-])C(F)(F)F.O=C([O-])C(F)(F)F.[Zn+2].[Zn+2]. The summed E-state index contributed by atoms with van der Waals surface area (Å²) >= 11 is 0. The summed E-state index contributed by atoms with van der Waals surface area (Å²) in [5.41, 5.74) is 0. The number of carboxylic acid groups (broad SMARTS) is 4. The Labute approximate surface area is 180 Å². The van der Waals surface area contributed by atoms with Crippen LogP contribution in [0.1, 0.15) is 0 Å². The first-order valence-electron chi connectivity index (χ1n) is 4.90. The topological polar surface area (TPSA) is 161 Å². The van der Waals surface area contributed by atoms with E-state index in [1.165, 1.54) is 0 Å². The van der Waals surface area contributed by atoms with E-state index in [0.29, 0.717) is 0 Å². The van der Waals surface area contributed by atoms with Gasteiger partial charge < -0.3 is 39.6 Å². The van der Waals surface area contributed by atoms with Gasteiger partial charge in [-0.05, 0) is 0 Å². The average molecular weight is 583 g/mol. The van der Waals surface area contributed by atoms with E-state index in [9.17, 15) is 52.7 Å². The van der Waals surface area contributed by atoms with Gasteiger partial charge in [0.15, 0.2) is 0 Å². The van der Waals surface area contributed by atoms with Crippen LogP contribution in [0.15, 0.2) is 0 Å². The molecule has 0 bridgehead atoms. The van der Waals surface area contributed by atoms with Gasteiger partial charge in [-0.2, -0.15) is 52.7 Å². The monoisotopic (exact) mass is 580 g/mol. The third kappa shape index (κ3) is 33.8. The quantitative estimate of drug-likeness (QED) is 0.218. The Morgan fingerprint density at radius 2 is 0.400 bits per heavy atom. The molecule has 0 saturated heterocycles. The molecule has 0 aliphatic rings. The van der Waals surface area contributed by atoms with Gasteiger partial charge in [0, 0.05) is 0 Å². The molecule has 8 nitrogen and oxygen atoms in total. The first-order valence-corrected chi connectivity index (χ1v) is 4.90. The Bertz CT molecular complexity index is 440. The zero-order valence-electron chi connectivity index (χ0n) is 13.2. The molecule has 0 fully saturated rings. The number of halogens is 12. The second-order valence-corrected chi connectivity index (χ2v) is 3.14. The van der Waals surface area contributed by atoms with Gasteiger partial charge in [-0.15, -0.1) is 0 Å².